The second kappa shape index (κ2) is 5.15. The molecule has 3 heteroatoms. The van der Waals surface area contributed by atoms with Crippen LogP contribution in [0.5, 0.6) is 0 Å². The number of halogens is 1. The summed E-state index contributed by atoms with van der Waals surface area (Å²) in [6.45, 7) is 1.92. The smallest absolute Gasteiger partial charge is 0.335 e. The minimum Gasteiger partial charge on any atom is -0.478 e. The van der Waals surface area contributed by atoms with Crippen LogP contribution >= 0.6 is 15.9 Å². The number of carboxylic acids is 1. The SMILES string of the molecule is Cc1cc(CCCBr)cc(C(=O)O)c1. The van der Waals surface area contributed by atoms with Crippen LogP contribution in [-0.2, 0) is 6.42 Å². The van der Waals surface area contributed by atoms with Crippen molar-refractivity contribution in [2.45, 2.75) is 19.8 Å². The van der Waals surface area contributed by atoms with Crippen molar-refractivity contribution in [1.29, 1.82) is 0 Å². The van der Waals surface area contributed by atoms with Gasteiger partial charge in [0.2, 0.25) is 0 Å². The molecule has 0 spiro atoms. The van der Waals surface area contributed by atoms with Crippen molar-refractivity contribution in [3.05, 3.63) is 34.9 Å². The summed E-state index contributed by atoms with van der Waals surface area (Å²) in [7, 11) is 0. The van der Waals surface area contributed by atoms with Crippen LogP contribution in [0.4, 0.5) is 0 Å². The molecule has 0 saturated carbocycles. The van der Waals surface area contributed by atoms with Crippen LogP contribution < -0.4 is 0 Å². The van der Waals surface area contributed by atoms with Gasteiger partial charge in [-0.25, -0.2) is 4.79 Å². The zero-order valence-corrected chi connectivity index (χ0v) is 9.67. The lowest BCUT2D eigenvalue weighted by Crippen LogP contribution is -1.99. The maximum Gasteiger partial charge on any atom is 0.335 e. The van der Waals surface area contributed by atoms with Crippen molar-refractivity contribution in [3.8, 4) is 0 Å². The Balaban J connectivity index is 2.89. The molecule has 76 valence electrons. The van der Waals surface area contributed by atoms with Crippen LogP contribution in [0, 0.1) is 6.92 Å². The van der Waals surface area contributed by atoms with E-state index in [4.69, 9.17) is 5.11 Å². The minimum absolute atomic E-state index is 0.384. The first-order valence-corrected chi connectivity index (χ1v) is 5.65. The molecule has 0 atom stereocenters. The van der Waals surface area contributed by atoms with E-state index in [1.165, 1.54) is 0 Å². The largest absolute Gasteiger partial charge is 0.478 e. The average molecular weight is 257 g/mol. The van der Waals surface area contributed by atoms with Gasteiger partial charge in [0.25, 0.3) is 0 Å². The number of carboxylic acid groups (broad SMARTS) is 1. The summed E-state index contributed by atoms with van der Waals surface area (Å²) in [4.78, 5) is 10.8. The summed E-state index contributed by atoms with van der Waals surface area (Å²) in [5.41, 5.74) is 2.49. The summed E-state index contributed by atoms with van der Waals surface area (Å²) < 4.78 is 0. The van der Waals surface area contributed by atoms with Gasteiger partial charge in [-0.1, -0.05) is 27.6 Å². The number of aryl methyl sites for hydroxylation is 2. The van der Waals surface area contributed by atoms with Gasteiger partial charge in [0.15, 0.2) is 0 Å². The fourth-order valence-corrected chi connectivity index (χ4v) is 1.68. The van der Waals surface area contributed by atoms with Gasteiger partial charge in [0, 0.05) is 5.33 Å². The summed E-state index contributed by atoms with van der Waals surface area (Å²) in [6.07, 6.45) is 1.95. The third kappa shape index (κ3) is 3.14. The topological polar surface area (TPSA) is 37.3 Å². The molecule has 0 bridgehead atoms. The number of aromatic carboxylic acids is 1. The van der Waals surface area contributed by atoms with Crippen molar-refractivity contribution in [3.63, 3.8) is 0 Å². The predicted octanol–water partition coefficient (Wildman–Crippen LogP) is 3.02. The number of alkyl halides is 1. The molecule has 0 heterocycles. The van der Waals surface area contributed by atoms with Crippen LogP contribution in [-0.4, -0.2) is 16.4 Å². The Morgan fingerprint density at radius 2 is 2.14 bits per heavy atom. The Morgan fingerprint density at radius 1 is 1.43 bits per heavy atom. The molecule has 0 amide bonds. The fraction of sp³-hybridized carbons (Fsp3) is 0.364. The molecule has 0 saturated heterocycles. The lowest BCUT2D eigenvalue weighted by Gasteiger charge is -2.03. The van der Waals surface area contributed by atoms with Gasteiger partial charge in [-0.05, 0) is 37.5 Å². The number of hydrogen-bond acceptors (Lipinski definition) is 1. The Labute approximate surface area is 92.1 Å². The molecule has 0 fully saturated rings. The van der Waals surface area contributed by atoms with E-state index in [1.807, 2.05) is 13.0 Å². The van der Waals surface area contributed by atoms with Gasteiger partial charge >= 0.3 is 5.97 Å². The second-order valence-corrected chi connectivity index (χ2v) is 4.10. The molecule has 2 nitrogen and oxygen atoms in total. The molecule has 1 aromatic carbocycles. The van der Waals surface area contributed by atoms with Crippen molar-refractivity contribution < 1.29 is 9.90 Å². The van der Waals surface area contributed by atoms with Gasteiger partial charge in [0.1, 0.15) is 0 Å². The maximum absolute atomic E-state index is 10.8. The zero-order valence-electron chi connectivity index (χ0n) is 8.09. The molecule has 0 radical (unpaired) electrons. The third-order valence-corrected chi connectivity index (χ3v) is 2.54. The monoisotopic (exact) mass is 256 g/mol. The highest BCUT2D eigenvalue weighted by Gasteiger charge is 2.04. The number of hydrogen-bond donors (Lipinski definition) is 1. The van der Waals surface area contributed by atoms with Crippen LogP contribution in [0.25, 0.3) is 0 Å². The van der Waals surface area contributed by atoms with Gasteiger partial charge in [0.05, 0.1) is 5.56 Å². The summed E-state index contributed by atoms with van der Waals surface area (Å²) in [5.74, 6) is -0.853. The van der Waals surface area contributed by atoms with Crippen LogP contribution in [0.2, 0.25) is 0 Å². The molecule has 0 aromatic heterocycles. The molecule has 14 heavy (non-hydrogen) atoms. The summed E-state index contributed by atoms with van der Waals surface area (Å²) in [5, 5.41) is 9.80. The van der Waals surface area contributed by atoms with E-state index in [-0.39, 0.29) is 0 Å². The number of benzene rings is 1. The van der Waals surface area contributed by atoms with Gasteiger partial charge < -0.3 is 5.11 Å². The van der Waals surface area contributed by atoms with Gasteiger partial charge in [-0.15, -0.1) is 0 Å². The Bertz CT molecular complexity index is 334. The minimum atomic E-state index is -0.853. The molecule has 0 aliphatic carbocycles. The lowest BCUT2D eigenvalue weighted by molar-refractivity contribution is 0.0696. The quantitative estimate of drug-likeness (QED) is 0.842. The summed E-state index contributed by atoms with van der Waals surface area (Å²) >= 11 is 3.36. The van der Waals surface area contributed by atoms with Crippen molar-refractivity contribution in [1.82, 2.24) is 0 Å². The average Bonchev–Trinajstić information content (AvgIpc) is 2.14. The Kier molecular flexibility index (Phi) is 4.14. The highest BCUT2D eigenvalue weighted by Crippen LogP contribution is 2.12. The van der Waals surface area contributed by atoms with Crippen LogP contribution in [0.1, 0.15) is 27.9 Å². The standard InChI is InChI=1S/C11H13BrO2/c1-8-5-9(3-2-4-12)7-10(6-8)11(13)14/h5-7H,2-4H2,1H3,(H,13,14). The second-order valence-electron chi connectivity index (χ2n) is 3.30. The first-order valence-electron chi connectivity index (χ1n) is 4.53. The van der Waals surface area contributed by atoms with E-state index < -0.39 is 5.97 Å². The molecule has 0 aliphatic heterocycles. The third-order valence-electron chi connectivity index (χ3n) is 1.98. The molecule has 1 rings (SSSR count). The Hall–Kier alpha value is -0.830. The first-order chi connectivity index (χ1) is 6.63. The van der Waals surface area contributed by atoms with E-state index in [0.29, 0.717) is 5.56 Å². The van der Waals surface area contributed by atoms with Crippen LogP contribution in [0.3, 0.4) is 0 Å². The van der Waals surface area contributed by atoms with E-state index in [0.717, 1.165) is 29.3 Å². The zero-order chi connectivity index (χ0) is 10.6. The van der Waals surface area contributed by atoms with E-state index in [9.17, 15) is 4.79 Å². The number of rotatable bonds is 4. The van der Waals surface area contributed by atoms with Crippen LogP contribution in [0.15, 0.2) is 18.2 Å². The Morgan fingerprint density at radius 3 is 2.71 bits per heavy atom. The predicted molar refractivity (Wildman–Crippen MR) is 60.3 cm³/mol. The fourth-order valence-electron chi connectivity index (χ4n) is 1.40. The normalized spacial score (nSPS) is 10.1. The first kappa shape index (κ1) is 11.2. The van der Waals surface area contributed by atoms with Gasteiger partial charge in [-0.3, -0.25) is 0 Å². The molecule has 0 unspecified atom stereocenters. The van der Waals surface area contributed by atoms with Gasteiger partial charge in [-0.2, -0.15) is 0 Å². The lowest BCUT2D eigenvalue weighted by atomic mass is 10.0. The molecule has 1 N–H and O–H groups in total. The van der Waals surface area contributed by atoms with E-state index in [1.54, 1.807) is 12.1 Å². The van der Waals surface area contributed by atoms with Crippen molar-refractivity contribution >= 4 is 21.9 Å². The molecular formula is C11H13BrO2. The molecular weight excluding hydrogens is 244 g/mol. The van der Waals surface area contributed by atoms with E-state index >= 15 is 0 Å². The maximum atomic E-state index is 10.8. The van der Waals surface area contributed by atoms with Crippen molar-refractivity contribution in [2.75, 3.05) is 5.33 Å². The van der Waals surface area contributed by atoms with Crippen molar-refractivity contribution in [2.24, 2.45) is 0 Å². The molecule has 1 aromatic rings. The number of carbonyl (C=O) groups is 1. The highest BCUT2D eigenvalue weighted by atomic mass is 79.9. The summed E-state index contributed by atoms with van der Waals surface area (Å²) in [6, 6.07) is 5.48. The molecule has 0 aliphatic rings. The highest BCUT2D eigenvalue weighted by molar-refractivity contribution is 9.09. The van der Waals surface area contributed by atoms with E-state index in [2.05, 4.69) is 15.9 Å².